The van der Waals surface area contributed by atoms with Crippen molar-refractivity contribution in [2.24, 2.45) is 0 Å². The first-order chi connectivity index (χ1) is 14.8. The number of carbonyl (C=O) groups is 2. The highest BCUT2D eigenvalue weighted by molar-refractivity contribution is 6.30. The third kappa shape index (κ3) is 3.94. The van der Waals surface area contributed by atoms with Crippen molar-refractivity contribution in [1.82, 2.24) is 0 Å². The average molecular weight is 435 g/mol. The average Bonchev–Trinajstić information content (AvgIpc) is 2.97. The fraction of sp³-hybridized carbons (Fsp3) is 0.200. The first kappa shape index (κ1) is 21.1. The third-order valence-electron chi connectivity index (χ3n) is 5.62. The van der Waals surface area contributed by atoms with Gasteiger partial charge >= 0.3 is 0 Å². The Morgan fingerprint density at radius 2 is 1.65 bits per heavy atom. The zero-order valence-corrected chi connectivity index (χ0v) is 18.1. The highest BCUT2D eigenvalue weighted by atomic mass is 35.5. The number of carbonyl (C=O) groups excluding carboxylic acids is 2. The van der Waals surface area contributed by atoms with Crippen molar-refractivity contribution in [2.45, 2.75) is 18.6 Å². The smallest absolute Gasteiger partial charge is 0.264 e. The number of anilines is 2. The second-order valence-corrected chi connectivity index (χ2v) is 8.37. The van der Waals surface area contributed by atoms with Crippen LogP contribution in [0.4, 0.5) is 11.4 Å². The topological polar surface area (TPSA) is 60.9 Å². The molecule has 0 saturated heterocycles. The summed E-state index contributed by atoms with van der Waals surface area (Å²) in [4.78, 5) is 29.8. The summed E-state index contributed by atoms with van der Waals surface area (Å²) in [5, 5.41) is 12.0. The summed E-state index contributed by atoms with van der Waals surface area (Å²) in [5.74, 6) is -0.786. The van der Waals surface area contributed by atoms with Gasteiger partial charge in [-0.2, -0.15) is 0 Å². The fourth-order valence-electron chi connectivity index (χ4n) is 3.89. The maximum absolute atomic E-state index is 13.4. The standard InChI is InChI=1S/C25H23ClN2O3/c1-27(2)20-13-9-18(10-14-20)23(29)15-25(31)21-5-3-4-6-22(21)28(24(25)30)16-17-7-11-19(26)12-8-17/h3-14,31H,15-16H2,1-2H3. The van der Waals surface area contributed by atoms with Gasteiger partial charge < -0.3 is 14.9 Å². The number of fused-ring (bicyclic) bond motifs is 1. The molecule has 0 spiro atoms. The van der Waals surface area contributed by atoms with Crippen LogP contribution in [0.25, 0.3) is 0 Å². The van der Waals surface area contributed by atoms with Gasteiger partial charge in [-0.25, -0.2) is 0 Å². The van der Waals surface area contributed by atoms with Gasteiger partial charge in [0.2, 0.25) is 0 Å². The lowest BCUT2D eigenvalue weighted by Crippen LogP contribution is -2.41. The van der Waals surface area contributed by atoms with E-state index in [1.807, 2.05) is 49.3 Å². The van der Waals surface area contributed by atoms with E-state index in [-0.39, 0.29) is 18.7 Å². The number of benzene rings is 3. The molecule has 1 heterocycles. The van der Waals surface area contributed by atoms with Crippen LogP contribution in [-0.4, -0.2) is 30.9 Å². The number of hydrogen-bond donors (Lipinski definition) is 1. The van der Waals surface area contributed by atoms with Gasteiger partial charge in [-0.05, 0) is 48.0 Å². The van der Waals surface area contributed by atoms with E-state index < -0.39 is 11.5 Å². The van der Waals surface area contributed by atoms with Crippen LogP contribution < -0.4 is 9.80 Å². The van der Waals surface area contributed by atoms with Gasteiger partial charge in [0.15, 0.2) is 11.4 Å². The second kappa shape index (κ2) is 8.17. The van der Waals surface area contributed by atoms with Gasteiger partial charge in [0.05, 0.1) is 18.7 Å². The van der Waals surface area contributed by atoms with Crippen LogP contribution in [0.2, 0.25) is 5.02 Å². The van der Waals surface area contributed by atoms with E-state index in [4.69, 9.17) is 11.6 Å². The van der Waals surface area contributed by atoms with Gasteiger partial charge in [0, 0.05) is 35.9 Å². The molecule has 1 aliphatic heterocycles. The van der Waals surface area contributed by atoms with Gasteiger partial charge in [-0.3, -0.25) is 9.59 Å². The number of hydrogen-bond acceptors (Lipinski definition) is 4. The van der Waals surface area contributed by atoms with Crippen molar-refractivity contribution in [1.29, 1.82) is 0 Å². The molecule has 0 aliphatic carbocycles. The number of halogens is 1. The molecule has 1 aliphatic rings. The summed E-state index contributed by atoms with van der Waals surface area (Å²) in [6, 6.07) is 21.4. The molecule has 1 amide bonds. The van der Waals surface area contributed by atoms with Crippen molar-refractivity contribution >= 4 is 34.7 Å². The van der Waals surface area contributed by atoms with E-state index >= 15 is 0 Å². The molecule has 6 heteroatoms. The molecule has 3 aromatic carbocycles. The first-order valence-electron chi connectivity index (χ1n) is 9.98. The van der Waals surface area contributed by atoms with E-state index in [0.717, 1.165) is 11.3 Å². The van der Waals surface area contributed by atoms with Crippen LogP contribution in [0, 0.1) is 0 Å². The minimum absolute atomic E-state index is 0.279. The molecule has 1 atom stereocenters. The Bertz CT molecular complexity index is 1130. The molecular weight excluding hydrogens is 412 g/mol. The number of amides is 1. The Morgan fingerprint density at radius 1 is 1.00 bits per heavy atom. The lowest BCUT2D eigenvalue weighted by molar-refractivity contribution is -0.136. The molecule has 1 N–H and O–H groups in total. The van der Waals surface area contributed by atoms with Gasteiger partial charge in [0.1, 0.15) is 0 Å². The zero-order chi connectivity index (χ0) is 22.2. The summed E-state index contributed by atoms with van der Waals surface area (Å²) >= 11 is 5.97. The monoisotopic (exact) mass is 434 g/mol. The molecule has 3 aromatic rings. The molecule has 0 saturated carbocycles. The molecule has 0 radical (unpaired) electrons. The molecule has 4 rings (SSSR count). The third-order valence-corrected chi connectivity index (χ3v) is 5.87. The number of ketones is 1. The summed E-state index contributed by atoms with van der Waals surface area (Å²) < 4.78 is 0. The SMILES string of the molecule is CN(C)c1ccc(C(=O)CC2(O)C(=O)N(Cc3ccc(Cl)cc3)c3ccccc32)cc1. The van der Waals surface area contributed by atoms with Crippen molar-refractivity contribution in [3.05, 3.63) is 94.5 Å². The Morgan fingerprint density at radius 3 is 2.29 bits per heavy atom. The van der Waals surface area contributed by atoms with Crippen LogP contribution in [0.1, 0.15) is 27.9 Å². The number of nitrogens with zero attached hydrogens (tertiary/aromatic N) is 2. The van der Waals surface area contributed by atoms with Gasteiger partial charge in [0.25, 0.3) is 5.91 Å². The van der Waals surface area contributed by atoms with E-state index in [0.29, 0.717) is 21.8 Å². The Labute approximate surface area is 186 Å². The molecule has 0 aromatic heterocycles. The summed E-state index contributed by atoms with van der Waals surface area (Å²) in [6.07, 6.45) is -0.318. The molecule has 0 fully saturated rings. The lowest BCUT2D eigenvalue weighted by Gasteiger charge is -2.23. The molecule has 0 bridgehead atoms. The summed E-state index contributed by atoms with van der Waals surface area (Å²) in [5.41, 5.74) is 1.46. The Balaban J connectivity index is 1.63. The Hall–Kier alpha value is -3.15. The van der Waals surface area contributed by atoms with Crippen LogP contribution in [0.3, 0.4) is 0 Å². The first-order valence-corrected chi connectivity index (χ1v) is 10.4. The number of para-hydroxylation sites is 1. The normalized spacial score (nSPS) is 17.5. The van der Waals surface area contributed by atoms with Crippen LogP contribution in [0.15, 0.2) is 72.8 Å². The maximum atomic E-state index is 13.4. The quantitative estimate of drug-likeness (QED) is 0.583. The highest BCUT2D eigenvalue weighted by Crippen LogP contribution is 2.43. The van der Waals surface area contributed by atoms with Gasteiger partial charge in [-0.1, -0.05) is 41.9 Å². The van der Waals surface area contributed by atoms with E-state index in [1.165, 1.54) is 4.90 Å². The fourth-order valence-corrected chi connectivity index (χ4v) is 4.01. The molecule has 5 nitrogen and oxygen atoms in total. The van der Waals surface area contributed by atoms with E-state index in [9.17, 15) is 14.7 Å². The minimum atomic E-state index is -1.90. The van der Waals surface area contributed by atoms with E-state index in [2.05, 4.69) is 0 Å². The van der Waals surface area contributed by atoms with E-state index in [1.54, 1.807) is 42.5 Å². The van der Waals surface area contributed by atoms with Crippen LogP contribution in [-0.2, 0) is 16.9 Å². The molecule has 31 heavy (non-hydrogen) atoms. The second-order valence-electron chi connectivity index (χ2n) is 7.94. The summed E-state index contributed by atoms with van der Waals surface area (Å²) in [7, 11) is 3.84. The zero-order valence-electron chi connectivity index (χ0n) is 17.4. The van der Waals surface area contributed by atoms with Crippen molar-refractivity contribution in [2.75, 3.05) is 23.9 Å². The molecule has 158 valence electrons. The Kier molecular flexibility index (Phi) is 5.56. The maximum Gasteiger partial charge on any atom is 0.264 e. The largest absolute Gasteiger partial charge is 0.378 e. The van der Waals surface area contributed by atoms with Crippen molar-refractivity contribution < 1.29 is 14.7 Å². The van der Waals surface area contributed by atoms with Crippen LogP contribution in [0.5, 0.6) is 0 Å². The molecular formula is C25H23ClN2O3. The minimum Gasteiger partial charge on any atom is -0.378 e. The van der Waals surface area contributed by atoms with Crippen molar-refractivity contribution in [3.63, 3.8) is 0 Å². The number of Topliss-reactive ketones (excluding diaryl/α,β-unsaturated/α-hetero) is 1. The predicted molar refractivity (Wildman–Crippen MR) is 123 cm³/mol. The van der Waals surface area contributed by atoms with Crippen LogP contribution >= 0.6 is 11.6 Å². The lowest BCUT2D eigenvalue weighted by atomic mass is 9.88. The number of aliphatic hydroxyl groups is 1. The highest BCUT2D eigenvalue weighted by Gasteiger charge is 2.50. The predicted octanol–water partition coefficient (Wildman–Crippen LogP) is 4.41. The molecule has 1 unspecified atom stereocenters. The van der Waals surface area contributed by atoms with Gasteiger partial charge in [-0.15, -0.1) is 0 Å². The number of rotatable bonds is 6. The van der Waals surface area contributed by atoms with Crippen molar-refractivity contribution in [3.8, 4) is 0 Å². The summed E-state index contributed by atoms with van der Waals surface area (Å²) in [6.45, 7) is 0.279.